The van der Waals surface area contributed by atoms with E-state index in [4.69, 9.17) is 0 Å². The maximum Gasteiger partial charge on any atom is 0.0494 e. The molecule has 0 aromatic rings. The molecule has 0 radical (unpaired) electrons. The van der Waals surface area contributed by atoms with E-state index in [0.717, 1.165) is 19.6 Å². The van der Waals surface area contributed by atoms with Crippen LogP contribution in [-0.2, 0) is 0 Å². The fourth-order valence-electron chi connectivity index (χ4n) is 1.99. The number of likely N-dealkylation sites (tertiary alicyclic amines) is 1. The molecular weight excluding hydrogens is 188 g/mol. The van der Waals surface area contributed by atoms with Crippen LogP contribution in [0.1, 0.15) is 33.6 Å². The summed E-state index contributed by atoms with van der Waals surface area (Å²) in [6.45, 7) is 11.1. The summed E-state index contributed by atoms with van der Waals surface area (Å²) < 4.78 is 0. The molecule has 3 heteroatoms. The molecule has 0 bridgehead atoms. The largest absolute Gasteiger partial charge is 0.396 e. The molecule has 2 N–H and O–H groups in total. The van der Waals surface area contributed by atoms with Gasteiger partial charge >= 0.3 is 0 Å². The number of aliphatic hydroxyl groups excluding tert-OH is 1. The maximum absolute atomic E-state index is 9.17. The topological polar surface area (TPSA) is 35.5 Å². The molecule has 0 spiro atoms. The first-order chi connectivity index (χ1) is 7.07. The first-order valence-corrected chi connectivity index (χ1v) is 6.14. The molecule has 1 rings (SSSR count). The molecule has 0 aliphatic carbocycles. The molecule has 0 aromatic heterocycles. The lowest BCUT2D eigenvalue weighted by atomic mass is 9.94. The van der Waals surface area contributed by atoms with Crippen molar-refractivity contribution in [2.45, 2.75) is 39.7 Å². The average molecular weight is 214 g/mol. The number of nitrogens with zero attached hydrogens (tertiary/aromatic N) is 1. The number of aliphatic hydroxyl groups is 1. The third-order valence-corrected chi connectivity index (χ3v) is 3.25. The van der Waals surface area contributed by atoms with Crippen molar-refractivity contribution in [2.75, 3.05) is 32.8 Å². The minimum absolute atomic E-state index is 0.00842. The zero-order chi connectivity index (χ0) is 11.3. The molecule has 1 aliphatic rings. The highest BCUT2D eigenvalue weighted by Crippen LogP contribution is 2.14. The molecule has 1 saturated heterocycles. The van der Waals surface area contributed by atoms with Crippen molar-refractivity contribution in [3.8, 4) is 0 Å². The second-order valence-corrected chi connectivity index (χ2v) is 5.44. The number of nitrogens with one attached hydrogen (secondary N) is 1. The summed E-state index contributed by atoms with van der Waals surface area (Å²) in [5, 5.41) is 12.7. The minimum Gasteiger partial charge on any atom is -0.396 e. The van der Waals surface area contributed by atoms with E-state index in [9.17, 15) is 5.11 Å². The van der Waals surface area contributed by atoms with Crippen molar-refractivity contribution in [3.05, 3.63) is 0 Å². The molecule has 15 heavy (non-hydrogen) atoms. The standard InChI is InChI=1S/C12H26N2O/c1-4-14-7-5-6-11(8-14)13-9-12(2,3)10-15/h11,13,15H,4-10H2,1-3H3. The second-order valence-electron chi connectivity index (χ2n) is 5.44. The van der Waals surface area contributed by atoms with Crippen LogP contribution in [0.2, 0.25) is 0 Å². The zero-order valence-corrected chi connectivity index (χ0v) is 10.4. The van der Waals surface area contributed by atoms with Crippen LogP contribution in [0.5, 0.6) is 0 Å². The van der Waals surface area contributed by atoms with Gasteiger partial charge in [0.15, 0.2) is 0 Å². The summed E-state index contributed by atoms with van der Waals surface area (Å²) in [7, 11) is 0. The summed E-state index contributed by atoms with van der Waals surface area (Å²) in [5.74, 6) is 0. The summed E-state index contributed by atoms with van der Waals surface area (Å²) >= 11 is 0. The average Bonchev–Trinajstić information content (AvgIpc) is 2.27. The molecule has 0 saturated carbocycles. The minimum atomic E-state index is 0.00842. The Labute approximate surface area is 93.9 Å². The van der Waals surface area contributed by atoms with Crippen molar-refractivity contribution < 1.29 is 5.11 Å². The summed E-state index contributed by atoms with van der Waals surface area (Å²) in [4.78, 5) is 2.49. The van der Waals surface area contributed by atoms with E-state index in [1.165, 1.54) is 19.4 Å². The van der Waals surface area contributed by atoms with E-state index in [1.807, 2.05) is 0 Å². The highest BCUT2D eigenvalue weighted by atomic mass is 16.3. The van der Waals surface area contributed by atoms with Crippen LogP contribution in [0.4, 0.5) is 0 Å². The van der Waals surface area contributed by atoms with Gasteiger partial charge in [0.25, 0.3) is 0 Å². The van der Waals surface area contributed by atoms with Crippen LogP contribution in [-0.4, -0.2) is 48.8 Å². The molecule has 1 atom stereocenters. The van der Waals surface area contributed by atoms with Crippen LogP contribution in [0.15, 0.2) is 0 Å². The number of rotatable bonds is 5. The van der Waals surface area contributed by atoms with Crippen molar-refractivity contribution in [1.29, 1.82) is 0 Å². The fourth-order valence-corrected chi connectivity index (χ4v) is 1.99. The Hall–Kier alpha value is -0.120. The van der Waals surface area contributed by atoms with Gasteiger partial charge < -0.3 is 15.3 Å². The van der Waals surface area contributed by atoms with Gasteiger partial charge in [0, 0.05) is 31.2 Å². The fraction of sp³-hybridized carbons (Fsp3) is 1.00. The Morgan fingerprint density at radius 2 is 2.20 bits per heavy atom. The third kappa shape index (κ3) is 4.49. The molecule has 90 valence electrons. The van der Waals surface area contributed by atoms with Crippen molar-refractivity contribution in [2.24, 2.45) is 5.41 Å². The van der Waals surface area contributed by atoms with Gasteiger partial charge in [-0.1, -0.05) is 20.8 Å². The Morgan fingerprint density at radius 3 is 2.80 bits per heavy atom. The summed E-state index contributed by atoms with van der Waals surface area (Å²) in [6, 6.07) is 0.615. The first kappa shape index (κ1) is 12.9. The molecule has 0 aromatic carbocycles. The van der Waals surface area contributed by atoms with Crippen molar-refractivity contribution >= 4 is 0 Å². The van der Waals surface area contributed by atoms with Gasteiger partial charge in [0.2, 0.25) is 0 Å². The first-order valence-electron chi connectivity index (χ1n) is 6.14. The number of hydrogen-bond donors (Lipinski definition) is 2. The molecule has 0 amide bonds. The molecule has 1 heterocycles. The number of hydrogen-bond acceptors (Lipinski definition) is 3. The van der Waals surface area contributed by atoms with Crippen LogP contribution >= 0.6 is 0 Å². The van der Waals surface area contributed by atoms with E-state index < -0.39 is 0 Å². The molecular formula is C12H26N2O. The van der Waals surface area contributed by atoms with Gasteiger partial charge in [-0.15, -0.1) is 0 Å². The van der Waals surface area contributed by atoms with E-state index >= 15 is 0 Å². The van der Waals surface area contributed by atoms with Gasteiger partial charge in [-0.2, -0.15) is 0 Å². The second kappa shape index (κ2) is 5.83. The Balaban J connectivity index is 2.26. The van der Waals surface area contributed by atoms with E-state index in [0.29, 0.717) is 6.04 Å². The molecule has 1 fully saturated rings. The van der Waals surface area contributed by atoms with Crippen LogP contribution < -0.4 is 5.32 Å². The monoisotopic (exact) mass is 214 g/mol. The van der Waals surface area contributed by atoms with E-state index in [1.54, 1.807) is 0 Å². The predicted octanol–water partition coefficient (Wildman–Crippen LogP) is 1.08. The van der Waals surface area contributed by atoms with Crippen molar-refractivity contribution in [3.63, 3.8) is 0 Å². The lowest BCUT2D eigenvalue weighted by molar-refractivity contribution is 0.138. The number of piperidine rings is 1. The van der Waals surface area contributed by atoms with Gasteiger partial charge in [-0.05, 0) is 25.9 Å². The molecule has 3 nitrogen and oxygen atoms in total. The predicted molar refractivity (Wildman–Crippen MR) is 64.0 cm³/mol. The molecule has 1 unspecified atom stereocenters. The van der Waals surface area contributed by atoms with Crippen LogP contribution in [0, 0.1) is 5.41 Å². The highest BCUT2D eigenvalue weighted by Gasteiger charge is 2.22. The van der Waals surface area contributed by atoms with Gasteiger partial charge in [-0.25, -0.2) is 0 Å². The maximum atomic E-state index is 9.17. The molecule has 1 aliphatic heterocycles. The van der Waals surface area contributed by atoms with Gasteiger partial charge in [0.05, 0.1) is 0 Å². The van der Waals surface area contributed by atoms with E-state index in [-0.39, 0.29) is 12.0 Å². The smallest absolute Gasteiger partial charge is 0.0494 e. The third-order valence-electron chi connectivity index (χ3n) is 3.25. The Kier molecular flexibility index (Phi) is 5.03. The highest BCUT2D eigenvalue weighted by molar-refractivity contribution is 4.80. The lowest BCUT2D eigenvalue weighted by Crippen LogP contribution is -2.48. The SMILES string of the molecule is CCN1CCCC(NCC(C)(C)CO)C1. The van der Waals surface area contributed by atoms with E-state index in [2.05, 4.69) is 31.0 Å². The summed E-state index contributed by atoms with van der Waals surface area (Å²) in [6.07, 6.45) is 2.57. The van der Waals surface area contributed by atoms with Gasteiger partial charge in [-0.3, -0.25) is 0 Å². The zero-order valence-electron chi connectivity index (χ0n) is 10.4. The van der Waals surface area contributed by atoms with Crippen LogP contribution in [0.3, 0.4) is 0 Å². The summed E-state index contributed by atoms with van der Waals surface area (Å²) in [5.41, 5.74) is 0.00842. The van der Waals surface area contributed by atoms with Gasteiger partial charge in [0.1, 0.15) is 0 Å². The van der Waals surface area contributed by atoms with Crippen LogP contribution in [0.25, 0.3) is 0 Å². The quantitative estimate of drug-likeness (QED) is 0.719. The lowest BCUT2D eigenvalue weighted by Gasteiger charge is -2.34. The number of likely N-dealkylation sites (N-methyl/N-ethyl adjacent to an activating group) is 1. The Morgan fingerprint density at radius 1 is 1.47 bits per heavy atom. The Bertz CT molecular complexity index is 182. The van der Waals surface area contributed by atoms with Crippen molar-refractivity contribution in [1.82, 2.24) is 10.2 Å². The normalized spacial score (nSPS) is 24.4.